The van der Waals surface area contributed by atoms with Crippen LogP contribution in [0.4, 0.5) is 5.69 Å². The van der Waals surface area contributed by atoms with Crippen molar-refractivity contribution < 1.29 is 28.5 Å². The van der Waals surface area contributed by atoms with Crippen LogP contribution < -0.4 is 40.3 Å². The van der Waals surface area contributed by atoms with Crippen LogP contribution in [0.3, 0.4) is 0 Å². The molecule has 3 atom stereocenters. The number of methoxy groups -OCH3 is 4. The number of hydrogen-bond acceptors (Lipinski definition) is 8. The molecule has 3 N–H and O–H groups in total. The number of aromatic nitrogens is 1. The van der Waals surface area contributed by atoms with E-state index in [-0.39, 0.29) is 28.8 Å². The number of anilines is 1. The number of carbonyl (C=O) groups is 2. The largest absolute Gasteiger partial charge is 0.496 e. The summed E-state index contributed by atoms with van der Waals surface area (Å²) >= 11 is 0. The topological polar surface area (TPSA) is 129 Å². The van der Waals surface area contributed by atoms with Crippen molar-refractivity contribution in [1.82, 2.24) is 15.2 Å². The number of ether oxygens (including phenoxy) is 4. The maximum absolute atomic E-state index is 13.9. The Kier molecular flexibility index (Phi) is 11.6. The van der Waals surface area contributed by atoms with Gasteiger partial charge < -0.3 is 39.5 Å². The van der Waals surface area contributed by atoms with E-state index in [1.807, 2.05) is 50.4 Å². The molecule has 2 amide bonds. The minimum atomic E-state index is -0.649. The maximum atomic E-state index is 13.9. The van der Waals surface area contributed by atoms with Crippen LogP contribution in [0.15, 0.2) is 59.5 Å². The number of carbonyl (C=O) groups excluding carboxylic acids is 2. The molecule has 11 heteroatoms. The average molecular weight is 685 g/mol. The Morgan fingerprint density at radius 1 is 0.960 bits per heavy atom. The van der Waals surface area contributed by atoms with Gasteiger partial charge in [0.05, 0.1) is 45.7 Å². The lowest BCUT2D eigenvalue weighted by atomic mass is 9.95. The van der Waals surface area contributed by atoms with Crippen molar-refractivity contribution in [3.63, 3.8) is 0 Å². The van der Waals surface area contributed by atoms with Gasteiger partial charge in [-0.2, -0.15) is 0 Å². The highest BCUT2D eigenvalue weighted by molar-refractivity contribution is 5.87. The Bertz CT molecular complexity index is 1920. The summed E-state index contributed by atoms with van der Waals surface area (Å²) in [7, 11) is 6.35. The van der Waals surface area contributed by atoms with Gasteiger partial charge in [0.2, 0.25) is 23.0 Å². The molecule has 3 aromatic carbocycles. The van der Waals surface area contributed by atoms with E-state index >= 15 is 0 Å². The molecule has 0 saturated heterocycles. The van der Waals surface area contributed by atoms with Gasteiger partial charge in [-0.25, -0.2) is 0 Å². The molecule has 4 aromatic rings. The zero-order chi connectivity index (χ0) is 35.9. The molecule has 0 saturated carbocycles. The second-order valence-electron chi connectivity index (χ2n) is 12.7. The number of hydrogen-bond donors (Lipinski definition) is 3. The van der Waals surface area contributed by atoms with Crippen LogP contribution in [0.1, 0.15) is 57.2 Å². The monoisotopic (exact) mass is 684 g/mol. The minimum Gasteiger partial charge on any atom is -0.496 e. The molecule has 0 radical (unpaired) electrons. The van der Waals surface area contributed by atoms with Crippen molar-refractivity contribution in [3.05, 3.63) is 76.1 Å². The number of nitrogens with one attached hydrogen (secondary N) is 3. The predicted octanol–water partition coefficient (Wildman–Crippen LogP) is 5.86. The highest BCUT2D eigenvalue weighted by Crippen LogP contribution is 2.50. The van der Waals surface area contributed by atoms with Gasteiger partial charge in [-0.15, -0.1) is 0 Å². The second-order valence-corrected chi connectivity index (χ2v) is 12.7. The van der Waals surface area contributed by atoms with Crippen molar-refractivity contribution in [2.24, 2.45) is 5.92 Å². The van der Waals surface area contributed by atoms with Crippen molar-refractivity contribution in [2.45, 2.75) is 65.1 Å². The van der Waals surface area contributed by atoms with E-state index in [1.165, 1.54) is 6.92 Å². The number of fused-ring (bicyclic) bond motifs is 4. The van der Waals surface area contributed by atoms with E-state index in [0.29, 0.717) is 42.2 Å². The molecule has 0 bridgehead atoms. The molecule has 0 fully saturated rings. The smallest absolute Gasteiger partial charge is 0.242 e. The van der Waals surface area contributed by atoms with Gasteiger partial charge in [0.1, 0.15) is 11.8 Å². The van der Waals surface area contributed by atoms with Crippen LogP contribution in [-0.4, -0.2) is 57.4 Å². The van der Waals surface area contributed by atoms with E-state index in [1.54, 1.807) is 40.6 Å². The number of amides is 2. The zero-order valence-electron chi connectivity index (χ0n) is 30.0. The van der Waals surface area contributed by atoms with Crippen LogP contribution in [0.25, 0.3) is 22.0 Å². The fourth-order valence-corrected chi connectivity index (χ4v) is 6.84. The number of aryl methyl sites for hydroxylation is 2. The summed E-state index contributed by atoms with van der Waals surface area (Å²) in [5.41, 5.74) is 4.15. The normalized spacial score (nSPS) is 14.7. The lowest BCUT2D eigenvalue weighted by Gasteiger charge is -2.24. The van der Waals surface area contributed by atoms with E-state index in [0.717, 1.165) is 52.7 Å². The summed E-state index contributed by atoms with van der Waals surface area (Å²) < 4.78 is 24.9. The van der Waals surface area contributed by atoms with Gasteiger partial charge in [0.15, 0.2) is 11.5 Å². The molecule has 0 spiro atoms. The molecule has 0 aliphatic heterocycles. The first-order chi connectivity index (χ1) is 24.1. The van der Waals surface area contributed by atoms with Crippen LogP contribution >= 0.6 is 0 Å². The highest BCUT2D eigenvalue weighted by atomic mass is 16.5. The van der Waals surface area contributed by atoms with Gasteiger partial charge >= 0.3 is 0 Å². The SMILES string of the molecule is CC[C@@H](C)[C@H](Nc1ccc2c(cc1=O)[C@@H](NC(C)=O)CCc1cc(OC)c(OC)c(OC)c1-2)C(=O)NCCCn1ccc2c(OC)cccc21. The molecule has 50 heavy (non-hydrogen) atoms. The molecule has 1 heterocycles. The lowest BCUT2D eigenvalue weighted by molar-refractivity contribution is -0.123. The average Bonchev–Trinajstić information content (AvgIpc) is 3.40. The number of nitrogens with zero attached hydrogens (tertiary/aromatic N) is 1. The van der Waals surface area contributed by atoms with Crippen molar-refractivity contribution in [2.75, 3.05) is 40.3 Å². The molecule has 0 unspecified atom stereocenters. The van der Waals surface area contributed by atoms with E-state index in [4.69, 9.17) is 18.9 Å². The van der Waals surface area contributed by atoms with Crippen molar-refractivity contribution in [3.8, 4) is 34.1 Å². The number of benzene rings is 2. The summed E-state index contributed by atoms with van der Waals surface area (Å²) in [5.74, 6) is 1.82. The summed E-state index contributed by atoms with van der Waals surface area (Å²) in [5, 5.41) is 10.5. The quantitative estimate of drug-likeness (QED) is 0.141. The summed E-state index contributed by atoms with van der Waals surface area (Å²) in [6.45, 7) is 6.67. The Labute approximate surface area is 293 Å². The fourth-order valence-electron chi connectivity index (χ4n) is 6.84. The van der Waals surface area contributed by atoms with Gasteiger partial charge in [0.25, 0.3) is 0 Å². The van der Waals surface area contributed by atoms with Gasteiger partial charge in [-0.1, -0.05) is 32.4 Å². The maximum Gasteiger partial charge on any atom is 0.242 e. The van der Waals surface area contributed by atoms with E-state index in [9.17, 15) is 14.4 Å². The third-order valence-electron chi connectivity index (χ3n) is 9.59. The number of rotatable bonds is 14. The third-order valence-corrected chi connectivity index (χ3v) is 9.59. The fraction of sp³-hybridized carbons (Fsp3) is 0.410. The van der Waals surface area contributed by atoms with Crippen LogP contribution in [-0.2, 0) is 22.6 Å². The molecular weight excluding hydrogens is 636 g/mol. The van der Waals surface area contributed by atoms with Crippen LogP contribution in [0.5, 0.6) is 23.0 Å². The molecular formula is C39H48N4O7. The molecule has 266 valence electrons. The summed E-state index contributed by atoms with van der Waals surface area (Å²) in [4.78, 5) is 39.9. The first-order valence-corrected chi connectivity index (χ1v) is 17.1. The highest BCUT2D eigenvalue weighted by Gasteiger charge is 2.30. The molecule has 1 aliphatic carbocycles. The Morgan fingerprint density at radius 3 is 2.40 bits per heavy atom. The summed E-state index contributed by atoms with van der Waals surface area (Å²) in [6.07, 6.45) is 4.62. The standard InChI is InChI=1S/C39H48N4O7/c1-8-23(2)36(39(46)40-18-10-19-43-20-17-27-31(43)11-9-12-33(27)47-4)42-30-16-14-26-28(22-32(30)45)29(41-24(3)44)15-13-25-21-34(48-5)37(49-6)38(50-7)35(25)26/h9,11-12,14,16-17,20-23,29,36H,8,10,13,15,18-19H2,1-7H3,(H,40,46)(H,41,44)(H,42,45)/t23-,29+,36+/m1/s1. The van der Waals surface area contributed by atoms with Crippen LogP contribution in [0, 0.1) is 5.92 Å². The molecule has 1 aromatic heterocycles. The second kappa shape index (κ2) is 16.0. The zero-order valence-corrected chi connectivity index (χ0v) is 30.0. The predicted molar refractivity (Wildman–Crippen MR) is 196 cm³/mol. The first-order valence-electron chi connectivity index (χ1n) is 17.1. The summed E-state index contributed by atoms with van der Waals surface area (Å²) in [6, 6.07) is 14.0. The third kappa shape index (κ3) is 7.36. The Morgan fingerprint density at radius 2 is 1.72 bits per heavy atom. The van der Waals surface area contributed by atoms with Gasteiger partial charge in [0, 0.05) is 37.2 Å². The van der Waals surface area contributed by atoms with Crippen molar-refractivity contribution in [1.29, 1.82) is 0 Å². The molecule has 11 nitrogen and oxygen atoms in total. The molecule has 5 rings (SSSR count). The Hall–Kier alpha value is -5.19. The lowest BCUT2D eigenvalue weighted by Crippen LogP contribution is -2.44. The first kappa shape index (κ1) is 36.1. The van der Waals surface area contributed by atoms with Gasteiger partial charge in [-0.05, 0) is 78.3 Å². The van der Waals surface area contributed by atoms with Gasteiger partial charge in [-0.3, -0.25) is 14.4 Å². The minimum absolute atomic E-state index is 0.0664. The molecule has 1 aliphatic rings. The van der Waals surface area contributed by atoms with Crippen molar-refractivity contribution >= 4 is 28.4 Å². The van der Waals surface area contributed by atoms with E-state index in [2.05, 4.69) is 26.6 Å². The Balaban J connectivity index is 1.43. The van der Waals surface area contributed by atoms with E-state index < -0.39 is 12.1 Å². The van der Waals surface area contributed by atoms with Crippen LogP contribution in [0.2, 0.25) is 0 Å².